The lowest BCUT2D eigenvalue weighted by Crippen LogP contribution is -2.36. The maximum atomic E-state index is 5.58. The van der Waals surface area contributed by atoms with Crippen molar-refractivity contribution in [1.82, 2.24) is 4.90 Å². The van der Waals surface area contributed by atoms with E-state index in [-0.39, 0.29) is 0 Å². The van der Waals surface area contributed by atoms with Gasteiger partial charge in [-0.05, 0) is 44.3 Å². The molecule has 2 nitrogen and oxygen atoms in total. The summed E-state index contributed by atoms with van der Waals surface area (Å²) < 4.78 is 0. The fourth-order valence-corrected chi connectivity index (χ4v) is 2.60. The Morgan fingerprint density at radius 1 is 1.31 bits per heavy atom. The molecule has 16 heavy (non-hydrogen) atoms. The third-order valence-corrected chi connectivity index (χ3v) is 3.55. The van der Waals surface area contributed by atoms with E-state index in [1.165, 1.54) is 37.1 Å². The minimum Gasteiger partial charge on any atom is -0.329 e. The highest BCUT2D eigenvalue weighted by atomic mass is 15.1. The van der Waals surface area contributed by atoms with Gasteiger partial charge in [-0.25, -0.2) is 0 Å². The van der Waals surface area contributed by atoms with Crippen molar-refractivity contribution in [3.8, 4) is 0 Å². The van der Waals surface area contributed by atoms with Gasteiger partial charge in [-0.1, -0.05) is 29.8 Å². The molecule has 0 unspecified atom stereocenters. The molecule has 88 valence electrons. The lowest BCUT2D eigenvalue weighted by Gasteiger charge is -2.31. The summed E-state index contributed by atoms with van der Waals surface area (Å²) in [6.07, 6.45) is 2.56. The molecule has 0 atom stereocenters. The molecular weight excluding hydrogens is 196 g/mol. The zero-order chi connectivity index (χ0) is 11.4. The first kappa shape index (κ1) is 11.6. The number of nitrogens with zero attached hydrogens (tertiary/aromatic N) is 1. The lowest BCUT2D eigenvalue weighted by molar-refractivity contribution is 0.218. The van der Waals surface area contributed by atoms with Crippen LogP contribution >= 0.6 is 0 Å². The number of hydrogen-bond donors (Lipinski definition) is 1. The minimum absolute atomic E-state index is 0.758. The summed E-state index contributed by atoms with van der Waals surface area (Å²) in [5, 5.41) is 0. The van der Waals surface area contributed by atoms with Gasteiger partial charge in [-0.2, -0.15) is 0 Å². The molecule has 0 radical (unpaired) electrons. The van der Waals surface area contributed by atoms with Crippen LogP contribution < -0.4 is 5.73 Å². The van der Waals surface area contributed by atoms with E-state index in [1.807, 2.05) is 0 Å². The topological polar surface area (TPSA) is 29.3 Å². The SMILES string of the molecule is Cc1cccc(C2CCN(CCN)CC2)c1. The molecule has 1 heterocycles. The Balaban J connectivity index is 1.94. The molecule has 0 aliphatic carbocycles. The Morgan fingerprint density at radius 3 is 2.69 bits per heavy atom. The lowest BCUT2D eigenvalue weighted by atomic mass is 9.89. The van der Waals surface area contributed by atoms with Crippen molar-refractivity contribution in [3.63, 3.8) is 0 Å². The van der Waals surface area contributed by atoms with E-state index in [2.05, 4.69) is 36.1 Å². The molecule has 0 bridgehead atoms. The molecule has 2 heteroatoms. The van der Waals surface area contributed by atoms with E-state index >= 15 is 0 Å². The Labute approximate surface area is 98.4 Å². The smallest absolute Gasteiger partial charge is 0.0105 e. The Hall–Kier alpha value is -0.860. The summed E-state index contributed by atoms with van der Waals surface area (Å²) in [6.45, 7) is 6.42. The van der Waals surface area contributed by atoms with Gasteiger partial charge in [-0.15, -0.1) is 0 Å². The Bertz CT molecular complexity index is 327. The molecule has 2 N–H and O–H groups in total. The van der Waals surface area contributed by atoms with Gasteiger partial charge in [0.15, 0.2) is 0 Å². The standard InChI is InChI=1S/C14H22N2/c1-12-3-2-4-14(11-12)13-5-8-16(9-6-13)10-7-15/h2-4,11,13H,5-10,15H2,1H3. The average Bonchev–Trinajstić information content (AvgIpc) is 2.30. The Morgan fingerprint density at radius 2 is 2.06 bits per heavy atom. The van der Waals surface area contributed by atoms with Gasteiger partial charge in [0.1, 0.15) is 0 Å². The predicted octanol–water partition coefficient (Wildman–Crippen LogP) is 2.13. The van der Waals surface area contributed by atoms with Crippen molar-refractivity contribution in [2.75, 3.05) is 26.2 Å². The fourth-order valence-electron chi connectivity index (χ4n) is 2.60. The van der Waals surface area contributed by atoms with Gasteiger partial charge in [-0.3, -0.25) is 0 Å². The van der Waals surface area contributed by atoms with E-state index in [0.29, 0.717) is 0 Å². The van der Waals surface area contributed by atoms with E-state index in [1.54, 1.807) is 0 Å². The summed E-state index contributed by atoms with van der Waals surface area (Å²) in [6, 6.07) is 8.96. The quantitative estimate of drug-likeness (QED) is 0.842. The van der Waals surface area contributed by atoms with Crippen molar-refractivity contribution in [2.45, 2.75) is 25.7 Å². The molecule has 1 aliphatic heterocycles. The van der Waals surface area contributed by atoms with Crippen molar-refractivity contribution < 1.29 is 0 Å². The average molecular weight is 218 g/mol. The van der Waals surface area contributed by atoms with Crippen molar-refractivity contribution in [1.29, 1.82) is 0 Å². The number of aryl methyl sites for hydroxylation is 1. The van der Waals surface area contributed by atoms with Crippen LogP contribution in [0.3, 0.4) is 0 Å². The number of nitrogens with two attached hydrogens (primary N) is 1. The van der Waals surface area contributed by atoms with Crippen molar-refractivity contribution in [3.05, 3.63) is 35.4 Å². The van der Waals surface area contributed by atoms with Crippen molar-refractivity contribution in [2.24, 2.45) is 5.73 Å². The summed E-state index contributed by atoms with van der Waals surface area (Å²) >= 11 is 0. The summed E-state index contributed by atoms with van der Waals surface area (Å²) in [4.78, 5) is 2.48. The third-order valence-electron chi connectivity index (χ3n) is 3.55. The van der Waals surface area contributed by atoms with Crippen LogP contribution in [0, 0.1) is 6.92 Å². The first-order chi connectivity index (χ1) is 7.79. The molecule has 0 amide bonds. The van der Waals surface area contributed by atoms with Crippen molar-refractivity contribution >= 4 is 0 Å². The normalized spacial score (nSPS) is 18.9. The van der Waals surface area contributed by atoms with E-state index < -0.39 is 0 Å². The highest BCUT2D eigenvalue weighted by Crippen LogP contribution is 2.28. The molecule has 1 aliphatic rings. The summed E-state index contributed by atoms with van der Waals surface area (Å²) in [5.74, 6) is 0.758. The molecule has 2 rings (SSSR count). The number of hydrogen-bond acceptors (Lipinski definition) is 2. The van der Waals surface area contributed by atoms with Gasteiger partial charge < -0.3 is 10.6 Å². The first-order valence-electron chi connectivity index (χ1n) is 6.28. The number of piperidine rings is 1. The zero-order valence-corrected chi connectivity index (χ0v) is 10.2. The summed E-state index contributed by atoms with van der Waals surface area (Å²) in [7, 11) is 0. The van der Waals surface area contributed by atoms with E-state index in [4.69, 9.17) is 5.73 Å². The first-order valence-corrected chi connectivity index (χ1v) is 6.28. The molecule has 0 aromatic heterocycles. The van der Waals surface area contributed by atoms with Crippen LogP contribution in [0.2, 0.25) is 0 Å². The number of likely N-dealkylation sites (tertiary alicyclic amines) is 1. The second-order valence-electron chi connectivity index (χ2n) is 4.82. The minimum atomic E-state index is 0.758. The van der Waals surface area contributed by atoms with Gasteiger partial charge >= 0.3 is 0 Å². The van der Waals surface area contributed by atoms with Crippen LogP contribution in [0.1, 0.15) is 29.9 Å². The second-order valence-corrected chi connectivity index (χ2v) is 4.82. The molecule has 0 spiro atoms. The van der Waals surface area contributed by atoms with Crippen LogP contribution in [0.25, 0.3) is 0 Å². The summed E-state index contributed by atoms with van der Waals surface area (Å²) in [5.41, 5.74) is 8.48. The molecule has 1 saturated heterocycles. The van der Waals surface area contributed by atoms with Crippen LogP contribution in [-0.4, -0.2) is 31.1 Å². The second kappa shape index (κ2) is 5.46. The van der Waals surface area contributed by atoms with Crippen LogP contribution in [0.15, 0.2) is 24.3 Å². The highest BCUT2D eigenvalue weighted by Gasteiger charge is 2.19. The van der Waals surface area contributed by atoms with Gasteiger partial charge in [0.05, 0.1) is 0 Å². The predicted molar refractivity (Wildman–Crippen MR) is 68.6 cm³/mol. The van der Waals surface area contributed by atoms with Gasteiger partial charge in [0, 0.05) is 13.1 Å². The number of rotatable bonds is 3. The highest BCUT2D eigenvalue weighted by molar-refractivity contribution is 5.25. The maximum Gasteiger partial charge on any atom is 0.0105 e. The molecule has 1 aromatic carbocycles. The molecule has 0 saturated carbocycles. The molecule has 1 aromatic rings. The fraction of sp³-hybridized carbons (Fsp3) is 0.571. The van der Waals surface area contributed by atoms with Crippen LogP contribution in [0.5, 0.6) is 0 Å². The largest absolute Gasteiger partial charge is 0.329 e. The van der Waals surface area contributed by atoms with Gasteiger partial charge in [0.2, 0.25) is 0 Å². The van der Waals surface area contributed by atoms with Gasteiger partial charge in [0.25, 0.3) is 0 Å². The monoisotopic (exact) mass is 218 g/mol. The van der Waals surface area contributed by atoms with Crippen LogP contribution in [0.4, 0.5) is 0 Å². The van der Waals surface area contributed by atoms with E-state index in [9.17, 15) is 0 Å². The van der Waals surface area contributed by atoms with Crippen LogP contribution in [-0.2, 0) is 0 Å². The number of benzene rings is 1. The molecule has 1 fully saturated rings. The third kappa shape index (κ3) is 2.83. The maximum absolute atomic E-state index is 5.58. The molecular formula is C14H22N2. The Kier molecular flexibility index (Phi) is 3.97. The zero-order valence-electron chi connectivity index (χ0n) is 10.2. The van der Waals surface area contributed by atoms with E-state index in [0.717, 1.165) is 19.0 Å².